The number of hydrogen-bond donors (Lipinski definition) is 0. The predicted octanol–water partition coefficient (Wildman–Crippen LogP) is 11.5. The summed E-state index contributed by atoms with van der Waals surface area (Å²) in [6.07, 6.45) is 35.9. The molecular weight excluding hydrogens is 549 g/mol. The van der Waals surface area contributed by atoms with Crippen LogP contribution < -0.4 is 9.79 Å². The van der Waals surface area contributed by atoms with E-state index in [0.29, 0.717) is 5.82 Å². The third kappa shape index (κ3) is 28.9. The van der Waals surface area contributed by atoms with Crippen LogP contribution in [0.1, 0.15) is 158 Å². The molecule has 0 bridgehead atoms. The number of rotatable bonds is 25. The highest BCUT2D eigenvalue weighted by Gasteiger charge is 2.35. The summed E-state index contributed by atoms with van der Waals surface area (Å²) in [7, 11) is -5.51. The minimum Gasteiger partial charge on any atom is -0.808 e. The van der Waals surface area contributed by atoms with Gasteiger partial charge in [0.25, 0.3) is 0 Å². The monoisotopic (exact) mass is 624 g/mol. The van der Waals surface area contributed by atoms with Gasteiger partial charge in [0, 0.05) is 14.5 Å². The quantitative estimate of drug-likeness (QED) is 0.0949. The summed E-state index contributed by atoms with van der Waals surface area (Å²) in [5.41, 5.74) is 0. The Bertz CT molecular complexity index is 452. The molecule has 40 heavy (non-hydrogen) atoms. The Morgan fingerprint density at radius 3 is 0.650 bits per heavy atom. The van der Waals surface area contributed by atoms with E-state index < -0.39 is 22.1 Å². The summed E-state index contributed by atoms with van der Waals surface area (Å²) >= 11 is 0. The van der Waals surface area contributed by atoms with Gasteiger partial charge in [-0.3, -0.25) is 0 Å². The lowest BCUT2D eigenvalue weighted by Gasteiger charge is -2.28. The Labute approximate surface area is 255 Å². The van der Waals surface area contributed by atoms with Crippen molar-refractivity contribution in [2.75, 3.05) is 49.3 Å². The maximum absolute atomic E-state index is 9.35. The van der Waals surface area contributed by atoms with Gasteiger partial charge in [-0.2, -0.15) is 0 Å². The first-order valence-electron chi connectivity index (χ1n) is 17.4. The van der Waals surface area contributed by atoms with Crippen LogP contribution >= 0.6 is 22.1 Å². The van der Waals surface area contributed by atoms with E-state index in [2.05, 4.69) is 62.0 Å². The molecule has 0 aromatic rings. The van der Waals surface area contributed by atoms with E-state index in [1.165, 1.54) is 103 Å². The maximum Gasteiger partial charge on any atom is 0.0594 e. The van der Waals surface area contributed by atoms with Gasteiger partial charge in [-0.1, -0.05) is 119 Å². The molecule has 3 nitrogen and oxygen atoms in total. The molecule has 0 aromatic carbocycles. The molecule has 0 radical (unpaired) electrons. The second kappa shape index (κ2) is 31.2. The molecule has 0 rings (SSSR count). The average Bonchev–Trinajstić information content (AvgIpc) is 2.96. The molecule has 0 heterocycles. The van der Waals surface area contributed by atoms with Crippen molar-refractivity contribution < 1.29 is 14.4 Å². The average molecular weight is 625 g/mol. The fourth-order valence-electron chi connectivity index (χ4n) is 5.29. The van der Waals surface area contributed by atoms with Gasteiger partial charge >= 0.3 is 0 Å². The van der Waals surface area contributed by atoms with Crippen molar-refractivity contribution in [1.29, 1.82) is 0 Å². The Balaban J connectivity index is -0.000000569. The van der Waals surface area contributed by atoms with Crippen LogP contribution in [0.5, 0.6) is 0 Å². The summed E-state index contributed by atoms with van der Waals surface area (Å²) in [6.45, 7) is 21.6. The molecule has 0 saturated carbocycles. The van der Waals surface area contributed by atoms with Crippen molar-refractivity contribution in [3.8, 4) is 0 Å². The summed E-state index contributed by atoms with van der Waals surface area (Å²) in [5, 5.41) is 0. The van der Waals surface area contributed by atoms with Crippen LogP contribution in [-0.2, 0) is 4.57 Å². The second-order valence-electron chi connectivity index (χ2n) is 12.0. The first-order valence-corrected chi connectivity index (χ1v) is 24.1. The van der Waals surface area contributed by atoms with Crippen LogP contribution in [0.25, 0.3) is 0 Å². The highest BCUT2D eigenvalue weighted by molar-refractivity contribution is 7.76. The van der Waals surface area contributed by atoms with Crippen molar-refractivity contribution in [3.63, 3.8) is 0 Å². The lowest BCUT2D eigenvalue weighted by atomic mass is 10.4. The smallest absolute Gasteiger partial charge is 0.0594 e. The van der Waals surface area contributed by atoms with E-state index in [-0.39, 0.29) is 0 Å². The molecule has 0 fully saturated rings. The normalized spacial score (nSPS) is 11.8. The van der Waals surface area contributed by atoms with Crippen molar-refractivity contribution in [1.82, 2.24) is 0 Å². The lowest BCUT2D eigenvalue weighted by molar-refractivity contribution is -0.308. The van der Waals surface area contributed by atoms with E-state index in [1.54, 1.807) is 49.3 Å². The molecule has 0 aliphatic heterocycles. The van der Waals surface area contributed by atoms with Gasteiger partial charge in [-0.05, 0) is 59.0 Å². The topological polar surface area (TPSA) is 63.2 Å². The van der Waals surface area contributed by atoms with E-state index >= 15 is 0 Å². The van der Waals surface area contributed by atoms with E-state index in [9.17, 15) is 14.4 Å². The molecule has 0 aliphatic carbocycles. The lowest BCUT2D eigenvalue weighted by Crippen LogP contribution is -2.12. The van der Waals surface area contributed by atoms with Crippen LogP contribution in [0.2, 0.25) is 0 Å². The molecule has 0 spiro atoms. The Kier molecular flexibility index (Phi) is 35.2. The fourth-order valence-corrected chi connectivity index (χ4v) is 15.9. The Hall–Kier alpha value is 0.750. The molecule has 0 amide bonds. The van der Waals surface area contributed by atoms with Crippen molar-refractivity contribution in [2.45, 2.75) is 158 Å². The third-order valence-corrected chi connectivity index (χ3v) is 18.7. The highest BCUT2D eigenvalue weighted by atomic mass is 31.2. The van der Waals surface area contributed by atoms with Gasteiger partial charge in [0.05, 0.1) is 49.3 Å². The molecule has 0 atom stereocenters. The fraction of sp³-hybridized carbons (Fsp3) is 0.941. The molecule has 0 aromatic heterocycles. The Morgan fingerprint density at radius 1 is 0.450 bits per heavy atom. The molecule has 6 heteroatoms. The minimum absolute atomic E-state index is 0.382. The van der Waals surface area contributed by atoms with Gasteiger partial charge < -0.3 is 14.4 Å². The van der Waals surface area contributed by atoms with Gasteiger partial charge in [0.15, 0.2) is 0 Å². The van der Waals surface area contributed by atoms with Crippen molar-refractivity contribution in [3.05, 3.63) is 12.4 Å². The van der Waals surface area contributed by atoms with E-state index in [1.807, 2.05) is 0 Å². The van der Waals surface area contributed by atoms with Crippen LogP contribution in [0.4, 0.5) is 0 Å². The van der Waals surface area contributed by atoms with Gasteiger partial charge in [0.2, 0.25) is 0 Å². The first-order chi connectivity index (χ1) is 19.0. The summed E-state index contributed by atoms with van der Waals surface area (Å²) < 4.78 is 9.35. The molecule has 0 saturated heterocycles. The van der Waals surface area contributed by atoms with Gasteiger partial charge in [-0.15, -0.1) is 0 Å². The molecule has 0 aliphatic rings. The summed E-state index contributed by atoms with van der Waals surface area (Å²) in [5.74, 6) is 0.382. The summed E-state index contributed by atoms with van der Waals surface area (Å²) in [4.78, 5) is 18.7. The van der Waals surface area contributed by atoms with Gasteiger partial charge in [0.1, 0.15) is 0 Å². The zero-order chi connectivity index (χ0) is 31.2. The molecular formula is C34H75O3P3. The number of hydrogen-bond acceptors (Lipinski definition) is 3. The molecule has 244 valence electrons. The predicted molar refractivity (Wildman–Crippen MR) is 190 cm³/mol. The summed E-state index contributed by atoms with van der Waals surface area (Å²) in [6, 6.07) is 0. The maximum atomic E-state index is 9.35. The van der Waals surface area contributed by atoms with Gasteiger partial charge in [-0.25, -0.2) is 0 Å². The van der Waals surface area contributed by atoms with Crippen LogP contribution in [0, 0.1) is 0 Å². The van der Waals surface area contributed by atoms with Crippen molar-refractivity contribution >= 4 is 22.1 Å². The number of unbranched alkanes of at least 4 members (excludes halogenated alkanes) is 8. The van der Waals surface area contributed by atoms with Crippen LogP contribution in [0.3, 0.4) is 0 Å². The first kappa shape index (κ1) is 45.2. The second-order valence-corrected chi connectivity index (χ2v) is 22.4. The SMILES string of the molecule is C=CP(=O)([O-])[O-].CCCC[P+](CCCC)(CCCC)CCCC.CCCC[P+](CCCC)(CCCC)CCCC. The third-order valence-electron chi connectivity index (χ3n) is 8.11. The zero-order valence-electron chi connectivity index (χ0n) is 28.8. The largest absolute Gasteiger partial charge is 0.808 e. The van der Waals surface area contributed by atoms with Crippen LogP contribution in [-0.4, -0.2) is 49.3 Å². The standard InChI is InChI=1S/2C16H36P.C2H5O3P/c2*1-5-9-13-17(14-10-6-2,15-11-7-3)16-12-8-4;1-2-6(3,4)5/h2*5-16H2,1-4H3;2H,1H2,(H2,3,4,5)/q2*+1;/p-2. The zero-order valence-corrected chi connectivity index (χ0v) is 31.5. The van der Waals surface area contributed by atoms with E-state index in [4.69, 9.17) is 0 Å². The Morgan fingerprint density at radius 2 is 0.575 bits per heavy atom. The molecule has 0 unspecified atom stereocenters. The highest BCUT2D eigenvalue weighted by Crippen LogP contribution is 2.62. The minimum atomic E-state index is -4.38. The van der Waals surface area contributed by atoms with E-state index in [0.717, 1.165) is 0 Å². The molecule has 0 N–H and O–H groups in total. The van der Waals surface area contributed by atoms with Crippen molar-refractivity contribution in [2.24, 2.45) is 0 Å². The van der Waals surface area contributed by atoms with Crippen LogP contribution in [0.15, 0.2) is 12.4 Å².